The predicted molar refractivity (Wildman–Crippen MR) is 71.7 cm³/mol. The highest BCUT2D eigenvalue weighted by Gasteiger charge is 2.04. The number of carbonyl (C=O) groups excluding carboxylic acids is 1. The summed E-state index contributed by atoms with van der Waals surface area (Å²) in [6.45, 7) is 10.8. The first-order valence-corrected chi connectivity index (χ1v) is 6.71. The number of carbonyl (C=O) groups is 1. The molecule has 3 heteroatoms. The Morgan fingerprint density at radius 1 is 1.38 bits per heavy atom. The Kier molecular flexibility index (Phi) is 7.90. The molecule has 0 aromatic carbocycles. The van der Waals surface area contributed by atoms with E-state index in [2.05, 4.69) is 38.2 Å². The van der Waals surface area contributed by atoms with Gasteiger partial charge in [-0.25, -0.2) is 0 Å². The third-order valence-corrected chi connectivity index (χ3v) is 2.85. The van der Waals surface area contributed by atoms with Crippen LogP contribution in [0.2, 0.25) is 0 Å². The van der Waals surface area contributed by atoms with Crippen molar-refractivity contribution in [3.05, 3.63) is 21.9 Å². The van der Waals surface area contributed by atoms with Crippen LogP contribution in [0, 0.1) is 12.8 Å². The summed E-state index contributed by atoms with van der Waals surface area (Å²) in [6, 6.07) is 4.14. The standard InChI is InChI=1S/C11H17NOS.C2H6/c1-8(2)6-11(13)12-7-10-5-4-9(3)14-10;1-2/h4-5,8H,6-7H2,1-3H3,(H,12,13);1-2H3. The molecule has 1 aromatic rings. The van der Waals surface area contributed by atoms with E-state index >= 15 is 0 Å². The minimum Gasteiger partial charge on any atom is -0.351 e. The van der Waals surface area contributed by atoms with Crippen LogP contribution in [-0.2, 0) is 11.3 Å². The van der Waals surface area contributed by atoms with Crippen molar-refractivity contribution in [3.8, 4) is 0 Å². The molecule has 1 aromatic heterocycles. The first-order valence-electron chi connectivity index (χ1n) is 5.90. The van der Waals surface area contributed by atoms with Gasteiger partial charge >= 0.3 is 0 Å². The monoisotopic (exact) mass is 241 g/mol. The Bertz CT molecular complexity index is 305. The van der Waals surface area contributed by atoms with Crippen LogP contribution in [-0.4, -0.2) is 5.91 Å². The molecule has 0 aliphatic rings. The van der Waals surface area contributed by atoms with Gasteiger partial charge < -0.3 is 5.32 Å². The second-order valence-electron chi connectivity index (χ2n) is 3.89. The summed E-state index contributed by atoms with van der Waals surface area (Å²) in [5, 5.41) is 2.92. The molecule has 0 aliphatic heterocycles. The van der Waals surface area contributed by atoms with Crippen molar-refractivity contribution in [2.45, 2.75) is 47.6 Å². The molecule has 0 bridgehead atoms. The molecule has 0 unspecified atom stereocenters. The molecular weight excluding hydrogens is 218 g/mol. The largest absolute Gasteiger partial charge is 0.351 e. The highest BCUT2D eigenvalue weighted by atomic mass is 32.1. The highest BCUT2D eigenvalue weighted by Crippen LogP contribution is 2.14. The molecular formula is C13H23NOS. The average molecular weight is 241 g/mol. The van der Waals surface area contributed by atoms with Gasteiger partial charge in [0.25, 0.3) is 0 Å². The van der Waals surface area contributed by atoms with Crippen LogP contribution >= 0.6 is 11.3 Å². The lowest BCUT2D eigenvalue weighted by Crippen LogP contribution is -2.23. The van der Waals surface area contributed by atoms with Crippen LogP contribution in [0.1, 0.15) is 43.9 Å². The SMILES string of the molecule is CC.Cc1ccc(CNC(=O)CC(C)C)s1. The Hall–Kier alpha value is -0.830. The molecule has 0 saturated carbocycles. The van der Waals surface area contributed by atoms with Gasteiger partial charge in [0, 0.05) is 16.2 Å². The Morgan fingerprint density at radius 2 is 2.00 bits per heavy atom. The number of hydrogen-bond acceptors (Lipinski definition) is 2. The van der Waals surface area contributed by atoms with E-state index in [4.69, 9.17) is 0 Å². The third-order valence-electron chi connectivity index (χ3n) is 1.85. The fourth-order valence-electron chi connectivity index (χ4n) is 1.21. The van der Waals surface area contributed by atoms with E-state index in [0.717, 1.165) is 0 Å². The van der Waals surface area contributed by atoms with Gasteiger partial charge in [-0.15, -0.1) is 11.3 Å². The van der Waals surface area contributed by atoms with Gasteiger partial charge in [0.15, 0.2) is 0 Å². The normalized spacial score (nSPS) is 9.62. The van der Waals surface area contributed by atoms with Crippen LogP contribution in [0.4, 0.5) is 0 Å². The molecule has 1 N–H and O–H groups in total. The minimum absolute atomic E-state index is 0.144. The molecule has 0 fully saturated rings. The van der Waals surface area contributed by atoms with Gasteiger partial charge in [-0.1, -0.05) is 27.7 Å². The van der Waals surface area contributed by atoms with E-state index in [-0.39, 0.29) is 5.91 Å². The van der Waals surface area contributed by atoms with Crippen LogP contribution in [0.3, 0.4) is 0 Å². The number of thiophene rings is 1. The van der Waals surface area contributed by atoms with Crippen molar-refractivity contribution < 1.29 is 4.79 Å². The van der Waals surface area contributed by atoms with Crippen molar-refractivity contribution in [2.24, 2.45) is 5.92 Å². The Labute approximate surface area is 103 Å². The fraction of sp³-hybridized carbons (Fsp3) is 0.615. The van der Waals surface area contributed by atoms with Crippen molar-refractivity contribution >= 4 is 17.2 Å². The molecule has 1 amide bonds. The maximum atomic E-state index is 11.3. The highest BCUT2D eigenvalue weighted by molar-refractivity contribution is 7.11. The van der Waals surface area contributed by atoms with E-state index in [1.165, 1.54) is 9.75 Å². The minimum atomic E-state index is 0.144. The van der Waals surface area contributed by atoms with Crippen LogP contribution in [0.5, 0.6) is 0 Å². The van der Waals surface area contributed by atoms with Crippen molar-refractivity contribution in [3.63, 3.8) is 0 Å². The second-order valence-corrected chi connectivity index (χ2v) is 5.26. The molecule has 0 spiro atoms. The molecule has 0 atom stereocenters. The molecule has 0 saturated heterocycles. The summed E-state index contributed by atoms with van der Waals surface area (Å²) in [4.78, 5) is 13.8. The average Bonchev–Trinajstić information content (AvgIpc) is 2.63. The number of nitrogens with one attached hydrogen (secondary N) is 1. The maximum Gasteiger partial charge on any atom is 0.220 e. The quantitative estimate of drug-likeness (QED) is 0.854. The molecule has 1 rings (SSSR count). The first kappa shape index (κ1) is 15.2. The van der Waals surface area contributed by atoms with Gasteiger partial charge in [0.2, 0.25) is 5.91 Å². The summed E-state index contributed by atoms with van der Waals surface area (Å²) < 4.78 is 0. The summed E-state index contributed by atoms with van der Waals surface area (Å²) in [5.41, 5.74) is 0. The van der Waals surface area contributed by atoms with Gasteiger partial charge in [-0.05, 0) is 25.0 Å². The predicted octanol–water partition coefficient (Wildman–Crippen LogP) is 3.75. The number of amides is 1. The van der Waals surface area contributed by atoms with Crippen LogP contribution < -0.4 is 5.32 Å². The van der Waals surface area contributed by atoms with Gasteiger partial charge in [0.05, 0.1) is 6.54 Å². The zero-order valence-corrected chi connectivity index (χ0v) is 11.8. The van der Waals surface area contributed by atoms with Gasteiger partial charge in [-0.2, -0.15) is 0 Å². The topological polar surface area (TPSA) is 29.1 Å². The number of aryl methyl sites for hydroxylation is 1. The second kappa shape index (κ2) is 8.34. The van der Waals surface area contributed by atoms with Crippen LogP contribution in [0.25, 0.3) is 0 Å². The van der Waals surface area contributed by atoms with E-state index in [9.17, 15) is 4.79 Å². The van der Waals surface area contributed by atoms with Crippen molar-refractivity contribution in [1.82, 2.24) is 5.32 Å². The molecule has 2 nitrogen and oxygen atoms in total. The lowest BCUT2D eigenvalue weighted by Gasteiger charge is -2.05. The smallest absolute Gasteiger partial charge is 0.220 e. The Balaban J connectivity index is 0.00000106. The summed E-state index contributed by atoms with van der Waals surface area (Å²) in [5.74, 6) is 0.575. The van der Waals surface area contributed by atoms with Gasteiger partial charge in [0.1, 0.15) is 0 Å². The molecule has 16 heavy (non-hydrogen) atoms. The van der Waals surface area contributed by atoms with E-state index in [1.54, 1.807) is 11.3 Å². The number of hydrogen-bond donors (Lipinski definition) is 1. The lowest BCUT2D eigenvalue weighted by atomic mass is 10.1. The van der Waals surface area contributed by atoms with Crippen LogP contribution in [0.15, 0.2) is 12.1 Å². The molecule has 92 valence electrons. The maximum absolute atomic E-state index is 11.3. The zero-order valence-electron chi connectivity index (χ0n) is 11.0. The van der Waals surface area contributed by atoms with Crippen molar-refractivity contribution in [2.75, 3.05) is 0 Å². The molecule has 1 heterocycles. The molecule has 0 radical (unpaired) electrons. The van der Waals surface area contributed by atoms with E-state index < -0.39 is 0 Å². The fourth-order valence-corrected chi connectivity index (χ4v) is 2.04. The van der Waals surface area contributed by atoms with Crippen molar-refractivity contribution in [1.29, 1.82) is 0 Å². The summed E-state index contributed by atoms with van der Waals surface area (Å²) in [7, 11) is 0. The third kappa shape index (κ3) is 6.62. The first-order chi connectivity index (χ1) is 7.58. The summed E-state index contributed by atoms with van der Waals surface area (Å²) in [6.07, 6.45) is 0.615. The number of rotatable bonds is 4. The van der Waals surface area contributed by atoms with E-state index in [0.29, 0.717) is 18.9 Å². The Morgan fingerprint density at radius 3 is 2.44 bits per heavy atom. The summed E-state index contributed by atoms with van der Waals surface area (Å²) >= 11 is 1.73. The lowest BCUT2D eigenvalue weighted by molar-refractivity contribution is -0.121. The van der Waals surface area contributed by atoms with E-state index in [1.807, 2.05) is 13.8 Å². The molecule has 0 aliphatic carbocycles. The van der Waals surface area contributed by atoms with Gasteiger partial charge in [-0.3, -0.25) is 4.79 Å². The zero-order chi connectivity index (χ0) is 12.6.